The summed E-state index contributed by atoms with van der Waals surface area (Å²) in [6.07, 6.45) is -3.67. The first kappa shape index (κ1) is 21.5. The van der Waals surface area contributed by atoms with Crippen LogP contribution in [-0.4, -0.2) is 66.4 Å². The molecule has 0 spiro atoms. The lowest BCUT2D eigenvalue weighted by Crippen LogP contribution is -2.51. The van der Waals surface area contributed by atoms with Gasteiger partial charge in [-0.1, -0.05) is 0 Å². The van der Waals surface area contributed by atoms with Gasteiger partial charge in [0.05, 0.1) is 12.6 Å². The van der Waals surface area contributed by atoms with Crippen LogP contribution in [-0.2, 0) is 19.2 Å². The Morgan fingerprint density at radius 2 is 2.04 bits per heavy atom. The molecule has 2 rings (SSSR count). The van der Waals surface area contributed by atoms with Gasteiger partial charge in [0.1, 0.15) is 12.1 Å². The van der Waals surface area contributed by atoms with Gasteiger partial charge in [-0.2, -0.15) is 18.4 Å². The van der Waals surface area contributed by atoms with Crippen molar-refractivity contribution in [1.29, 1.82) is 5.26 Å². The van der Waals surface area contributed by atoms with E-state index in [9.17, 15) is 37.6 Å². The number of amides is 4. The van der Waals surface area contributed by atoms with Gasteiger partial charge in [0.2, 0.25) is 17.7 Å². The Balaban J connectivity index is 1.90. The Labute approximate surface area is 158 Å². The third-order valence-corrected chi connectivity index (χ3v) is 4.69. The molecule has 9 nitrogen and oxygen atoms in total. The van der Waals surface area contributed by atoms with Crippen molar-refractivity contribution in [3.63, 3.8) is 0 Å². The third-order valence-electron chi connectivity index (χ3n) is 4.69. The number of hydrogen-bond donors (Lipinski definition) is 3. The largest absolute Gasteiger partial charge is 0.471 e. The van der Waals surface area contributed by atoms with E-state index in [-0.39, 0.29) is 31.2 Å². The van der Waals surface area contributed by atoms with E-state index in [2.05, 4.69) is 10.6 Å². The predicted molar refractivity (Wildman–Crippen MR) is 87.1 cm³/mol. The number of halogens is 3. The van der Waals surface area contributed by atoms with Crippen LogP contribution in [0.1, 0.15) is 25.7 Å². The highest BCUT2D eigenvalue weighted by atomic mass is 19.4. The lowest BCUT2D eigenvalue weighted by atomic mass is 9.99. The number of nitrogens with one attached hydrogen (secondary N) is 3. The Hall–Kier alpha value is -2.84. The number of nitrogens with zero attached hydrogens (tertiary/aromatic N) is 2. The average molecular weight is 403 g/mol. The van der Waals surface area contributed by atoms with E-state index in [1.54, 1.807) is 0 Å². The Morgan fingerprint density at radius 3 is 2.61 bits per heavy atom. The van der Waals surface area contributed by atoms with E-state index in [0.717, 1.165) is 4.90 Å². The summed E-state index contributed by atoms with van der Waals surface area (Å²) in [6, 6.07) is 0.0391. The molecule has 2 heterocycles. The maximum absolute atomic E-state index is 12.5. The molecule has 28 heavy (non-hydrogen) atoms. The maximum Gasteiger partial charge on any atom is 0.471 e. The molecule has 0 aliphatic carbocycles. The van der Waals surface area contributed by atoms with Crippen molar-refractivity contribution in [3.05, 3.63) is 0 Å². The summed E-state index contributed by atoms with van der Waals surface area (Å²) < 4.78 is 36.6. The van der Waals surface area contributed by atoms with Crippen LogP contribution in [0.2, 0.25) is 0 Å². The van der Waals surface area contributed by atoms with E-state index < -0.39 is 42.5 Å². The first-order chi connectivity index (χ1) is 13.1. The minimum atomic E-state index is -5.10. The molecule has 2 saturated heterocycles. The van der Waals surface area contributed by atoms with Gasteiger partial charge in [0, 0.05) is 19.0 Å². The first-order valence-corrected chi connectivity index (χ1v) is 8.75. The van der Waals surface area contributed by atoms with Gasteiger partial charge < -0.3 is 20.9 Å². The quantitative estimate of drug-likeness (QED) is 0.534. The molecule has 0 aromatic carbocycles. The lowest BCUT2D eigenvalue weighted by Gasteiger charge is -2.25. The SMILES string of the molecule is N#C[C@H](CC1CCNC1=O)NC(=O)C1CCCN1C(=O)CNC(=O)C(F)(F)F. The molecule has 2 fully saturated rings. The van der Waals surface area contributed by atoms with Gasteiger partial charge in [-0.15, -0.1) is 0 Å². The fourth-order valence-corrected chi connectivity index (χ4v) is 3.26. The lowest BCUT2D eigenvalue weighted by molar-refractivity contribution is -0.174. The molecule has 3 N–H and O–H groups in total. The van der Waals surface area contributed by atoms with Crippen molar-refractivity contribution >= 4 is 23.6 Å². The molecule has 3 atom stereocenters. The smallest absolute Gasteiger partial charge is 0.356 e. The fourth-order valence-electron chi connectivity index (χ4n) is 3.26. The highest BCUT2D eigenvalue weighted by molar-refractivity contribution is 5.91. The molecular formula is C16H20F3N5O4. The van der Waals surface area contributed by atoms with Crippen molar-refractivity contribution in [1.82, 2.24) is 20.9 Å². The van der Waals surface area contributed by atoms with E-state index in [0.29, 0.717) is 19.4 Å². The zero-order valence-corrected chi connectivity index (χ0v) is 14.8. The molecule has 2 aliphatic heterocycles. The standard InChI is InChI=1S/C16H20F3N5O4/c17-16(18,19)15(28)22-8-12(25)24-5-1-2-11(24)14(27)23-10(7-20)6-9-3-4-21-13(9)26/h9-11H,1-6,8H2,(H,21,26)(H,22,28)(H,23,27)/t9?,10-,11?/m0/s1. The molecule has 2 aliphatic rings. The zero-order chi connectivity index (χ0) is 20.9. The van der Waals surface area contributed by atoms with Crippen LogP contribution in [0.5, 0.6) is 0 Å². The predicted octanol–water partition coefficient (Wildman–Crippen LogP) is -0.810. The number of likely N-dealkylation sites (tertiary alicyclic amines) is 1. The first-order valence-electron chi connectivity index (χ1n) is 8.75. The van der Waals surface area contributed by atoms with E-state index in [1.807, 2.05) is 6.07 Å². The highest BCUT2D eigenvalue weighted by Crippen LogP contribution is 2.20. The average Bonchev–Trinajstić information content (AvgIpc) is 3.27. The van der Waals surface area contributed by atoms with Crippen molar-refractivity contribution in [2.24, 2.45) is 5.92 Å². The van der Waals surface area contributed by atoms with Crippen molar-refractivity contribution in [2.75, 3.05) is 19.6 Å². The topological polar surface area (TPSA) is 131 Å². The van der Waals surface area contributed by atoms with Crippen LogP contribution in [0, 0.1) is 17.2 Å². The second-order valence-corrected chi connectivity index (χ2v) is 6.63. The van der Waals surface area contributed by atoms with Crippen LogP contribution in [0.4, 0.5) is 13.2 Å². The molecule has 0 bridgehead atoms. The summed E-state index contributed by atoms with van der Waals surface area (Å²) in [4.78, 5) is 48.1. The van der Waals surface area contributed by atoms with Crippen molar-refractivity contribution in [2.45, 2.75) is 43.9 Å². The summed E-state index contributed by atoms with van der Waals surface area (Å²) in [6.45, 7) is -0.225. The second kappa shape index (κ2) is 8.90. The minimum absolute atomic E-state index is 0.135. The number of carbonyl (C=O) groups excluding carboxylic acids is 4. The molecule has 0 saturated carbocycles. The minimum Gasteiger partial charge on any atom is -0.356 e. The molecule has 4 amide bonds. The van der Waals surface area contributed by atoms with E-state index >= 15 is 0 Å². The summed E-state index contributed by atoms with van der Waals surface area (Å²) in [5.74, 6) is -4.24. The van der Waals surface area contributed by atoms with Gasteiger partial charge in [-0.3, -0.25) is 19.2 Å². The molecule has 2 unspecified atom stereocenters. The van der Waals surface area contributed by atoms with E-state index in [1.165, 1.54) is 5.32 Å². The van der Waals surface area contributed by atoms with Crippen LogP contribution < -0.4 is 16.0 Å². The Kier molecular flexibility index (Phi) is 6.82. The van der Waals surface area contributed by atoms with Gasteiger partial charge in [-0.25, -0.2) is 0 Å². The third kappa shape index (κ3) is 5.34. The molecule has 0 aromatic rings. The molecule has 0 radical (unpaired) electrons. The van der Waals surface area contributed by atoms with Crippen LogP contribution in [0.3, 0.4) is 0 Å². The van der Waals surface area contributed by atoms with Crippen LogP contribution in [0.25, 0.3) is 0 Å². The number of rotatable bonds is 6. The van der Waals surface area contributed by atoms with Crippen molar-refractivity contribution < 1.29 is 32.3 Å². The van der Waals surface area contributed by atoms with E-state index in [4.69, 9.17) is 0 Å². The summed E-state index contributed by atoms with van der Waals surface area (Å²) in [5.41, 5.74) is 0. The zero-order valence-electron chi connectivity index (χ0n) is 14.8. The molecule has 0 aromatic heterocycles. The summed E-state index contributed by atoms with van der Waals surface area (Å²) in [5, 5.41) is 15.8. The van der Waals surface area contributed by atoms with Crippen molar-refractivity contribution in [3.8, 4) is 6.07 Å². The Bertz CT molecular complexity index is 691. The maximum atomic E-state index is 12.5. The van der Waals surface area contributed by atoms with Gasteiger partial charge in [0.25, 0.3) is 0 Å². The summed E-state index contributed by atoms with van der Waals surface area (Å²) in [7, 11) is 0. The molecular weight excluding hydrogens is 383 g/mol. The summed E-state index contributed by atoms with van der Waals surface area (Å²) >= 11 is 0. The molecule has 154 valence electrons. The number of carbonyl (C=O) groups is 4. The normalized spacial score (nSPS) is 22.9. The monoisotopic (exact) mass is 403 g/mol. The van der Waals surface area contributed by atoms with Crippen LogP contribution >= 0.6 is 0 Å². The van der Waals surface area contributed by atoms with Gasteiger partial charge in [0.15, 0.2) is 0 Å². The van der Waals surface area contributed by atoms with Gasteiger partial charge in [-0.05, 0) is 25.7 Å². The highest BCUT2D eigenvalue weighted by Gasteiger charge is 2.40. The van der Waals surface area contributed by atoms with Gasteiger partial charge >= 0.3 is 12.1 Å². The molecule has 12 heteroatoms. The number of hydrogen-bond acceptors (Lipinski definition) is 5. The fraction of sp³-hybridized carbons (Fsp3) is 0.688. The van der Waals surface area contributed by atoms with Crippen LogP contribution in [0.15, 0.2) is 0 Å². The second-order valence-electron chi connectivity index (χ2n) is 6.63. The number of alkyl halides is 3. The Morgan fingerprint density at radius 1 is 1.32 bits per heavy atom. The number of nitriles is 1.